The molecule has 0 spiro atoms. The molecule has 2 unspecified atom stereocenters. The van der Waals surface area contributed by atoms with Gasteiger partial charge in [-0.05, 0) is 26.2 Å². The highest BCUT2D eigenvalue weighted by molar-refractivity contribution is 5.83. The van der Waals surface area contributed by atoms with Gasteiger partial charge < -0.3 is 4.74 Å². The Labute approximate surface area is 117 Å². The Kier molecular flexibility index (Phi) is 5.41. The number of carbonyl (C=O) groups is 1. The minimum atomic E-state index is -0.0196. The fraction of sp³-hybridized carbons (Fsp3) is 0.875. The van der Waals surface area contributed by atoms with Crippen molar-refractivity contribution in [3.8, 4) is 0 Å². The lowest BCUT2D eigenvalue weighted by atomic mass is 9.81. The van der Waals surface area contributed by atoms with E-state index in [1.165, 1.54) is 51.6 Å². The van der Waals surface area contributed by atoms with Crippen LogP contribution in [0.3, 0.4) is 0 Å². The molecule has 0 aromatic carbocycles. The lowest BCUT2D eigenvalue weighted by Crippen LogP contribution is -2.32. The van der Waals surface area contributed by atoms with Gasteiger partial charge in [-0.25, -0.2) is 4.58 Å². The summed E-state index contributed by atoms with van der Waals surface area (Å²) in [6, 6.07) is 0. The maximum atomic E-state index is 11.8. The molecule has 1 saturated heterocycles. The van der Waals surface area contributed by atoms with Gasteiger partial charge in [-0.1, -0.05) is 13.3 Å². The zero-order valence-electron chi connectivity index (χ0n) is 12.5. The lowest BCUT2D eigenvalue weighted by molar-refractivity contribution is -0.510. The van der Waals surface area contributed by atoms with Crippen LogP contribution in [0.1, 0.15) is 58.8 Å². The average Bonchev–Trinajstić information content (AvgIpc) is 2.93. The number of hydrogen-bond acceptors (Lipinski definition) is 2. The third kappa shape index (κ3) is 3.80. The van der Waals surface area contributed by atoms with Crippen LogP contribution in [0.5, 0.6) is 0 Å². The lowest BCUT2D eigenvalue weighted by Gasteiger charge is -2.24. The second kappa shape index (κ2) is 7.06. The minimum Gasteiger partial charge on any atom is -0.466 e. The van der Waals surface area contributed by atoms with Crippen molar-refractivity contribution in [2.24, 2.45) is 11.8 Å². The van der Waals surface area contributed by atoms with Crippen LogP contribution < -0.4 is 0 Å². The van der Waals surface area contributed by atoms with Crippen LogP contribution in [0.25, 0.3) is 0 Å². The summed E-state index contributed by atoms with van der Waals surface area (Å²) in [5.74, 6) is 0.640. The highest BCUT2D eigenvalue weighted by Gasteiger charge is 2.32. The van der Waals surface area contributed by atoms with Gasteiger partial charge in [0, 0.05) is 25.2 Å². The topological polar surface area (TPSA) is 29.3 Å². The van der Waals surface area contributed by atoms with Crippen molar-refractivity contribution in [1.29, 1.82) is 0 Å². The molecular formula is C16H28NO2+. The summed E-state index contributed by atoms with van der Waals surface area (Å²) in [7, 11) is 0. The smallest absolute Gasteiger partial charge is 0.308 e. The third-order valence-corrected chi connectivity index (χ3v) is 4.55. The van der Waals surface area contributed by atoms with Crippen LogP contribution in [-0.4, -0.2) is 36.0 Å². The summed E-state index contributed by atoms with van der Waals surface area (Å²) < 4.78 is 7.74. The highest BCUT2D eigenvalue weighted by atomic mass is 16.5. The number of rotatable bonds is 4. The van der Waals surface area contributed by atoms with Crippen molar-refractivity contribution in [1.82, 2.24) is 0 Å². The van der Waals surface area contributed by atoms with Crippen molar-refractivity contribution in [3.05, 3.63) is 0 Å². The van der Waals surface area contributed by atoms with Gasteiger partial charge in [-0.15, -0.1) is 0 Å². The fourth-order valence-electron chi connectivity index (χ4n) is 3.55. The second-order valence-electron chi connectivity index (χ2n) is 6.02. The molecule has 0 radical (unpaired) electrons. The van der Waals surface area contributed by atoms with E-state index in [9.17, 15) is 4.79 Å². The molecular weight excluding hydrogens is 238 g/mol. The molecule has 3 nitrogen and oxygen atoms in total. The molecule has 3 heteroatoms. The zero-order chi connectivity index (χ0) is 13.7. The van der Waals surface area contributed by atoms with Gasteiger partial charge in [0.2, 0.25) is 0 Å². The minimum absolute atomic E-state index is 0.0196. The first-order valence-electron chi connectivity index (χ1n) is 7.99. The normalized spacial score (nSPS) is 25.5. The Morgan fingerprint density at radius 1 is 1.32 bits per heavy atom. The average molecular weight is 266 g/mol. The van der Waals surface area contributed by atoms with Crippen LogP contribution >= 0.6 is 0 Å². The summed E-state index contributed by atoms with van der Waals surface area (Å²) in [5.41, 5.74) is 1.64. The summed E-state index contributed by atoms with van der Waals surface area (Å²) in [6.45, 7) is 6.87. The maximum absolute atomic E-state index is 11.8. The van der Waals surface area contributed by atoms with Gasteiger partial charge in [0.1, 0.15) is 13.1 Å². The fourth-order valence-corrected chi connectivity index (χ4v) is 3.55. The zero-order valence-corrected chi connectivity index (χ0v) is 12.5. The Morgan fingerprint density at radius 3 is 2.74 bits per heavy atom. The Balaban J connectivity index is 2.00. The van der Waals surface area contributed by atoms with E-state index in [-0.39, 0.29) is 11.9 Å². The van der Waals surface area contributed by atoms with Crippen LogP contribution in [0.4, 0.5) is 0 Å². The van der Waals surface area contributed by atoms with Crippen LogP contribution in [0.2, 0.25) is 0 Å². The van der Waals surface area contributed by atoms with Gasteiger partial charge in [-0.3, -0.25) is 4.79 Å². The number of ether oxygens (including phenoxy) is 1. The monoisotopic (exact) mass is 266 g/mol. The van der Waals surface area contributed by atoms with Crippen molar-refractivity contribution in [2.75, 3.05) is 19.7 Å². The van der Waals surface area contributed by atoms with Crippen molar-refractivity contribution >= 4 is 11.7 Å². The quantitative estimate of drug-likeness (QED) is 0.578. The first-order valence-corrected chi connectivity index (χ1v) is 7.99. The second-order valence-corrected chi connectivity index (χ2v) is 6.02. The number of carbonyl (C=O) groups excluding carboxylic acids is 1. The summed E-state index contributed by atoms with van der Waals surface area (Å²) in [4.78, 5) is 11.8. The van der Waals surface area contributed by atoms with Crippen LogP contribution in [0, 0.1) is 11.8 Å². The molecule has 1 saturated carbocycles. The Bertz CT molecular complexity index is 341. The van der Waals surface area contributed by atoms with Gasteiger partial charge in [0.15, 0.2) is 5.71 Å². The Hall–Kier alpha value is -0.860. The van der Waals surface area contributed by atoms with E-state index in [2.05, 4.69) is 4.58 Å². The van der Waals surface area contributed by atoms with E-state index < -0.39 is 0 Å². The van der Waals surface area contributed by atoms with Gasteiger partial charge in [0.25, 0.3) is 0 Å². The molecule has 2 atom stereocenters. The molecule has 0 bridgehead atoms. The molecule has 2 aliphatic rings. The SMILES string of the molecule is CCOC(=O)C(C)CC1CCCCC1=[N+]1CCCC1. The maximum Gasteiger partial charge on any atom is 0.308 e. The van der Waals surface area contributed by atoms with Crippen molar-refractivity contribution in [2.45, 2.75) is 58.8 Å². The van der Waals surface area contributed by atoms with E-state index in [1.807, 2.05) is 13.8 Å². The van der Waals surface area contributed by atoms with Crippen LogP contribution in [0.15, 0.2) is 0 Å². The summed E-state index contributed by atoms with van der Waals surface area (Å²) >= 11 is 0. The van der Waals surface area contributed by atoms with E-state index in [1.54, 1.807) is 5.71 Å². The molecule has 1 aliphatic carbocycles. The predicted molar refractivity (Wildman–Crippen MR) is 76.6 cm³/mol. The van der Waals surface area contributed by atoms with Crippen molar-refractivity contribution < 1.29 is 14.1 Å². The molecule has 0 amide bonds. The molecule has 0 aromatic heterocycles. The Morgan fingerprint density at radius 2 is 2.05 bits per heavy atom. The number of nitrogens with zero attached hydrogens (tertiary/aromatic N) is 1. The summed E-state index contributed by atoms with van der Waals surface area (Å²) in [5, 5.41) is 0. The largest absolute Gasteiger partial charge is 0.466 e. The van der Waals surface area contributed by atoms with E-state index >= 15 is 0 Å². The number of hydrogen-bond donors (Lipinski definition) is 0. The van der Waals surface area contributed by atoms with Gasteiger partial charge in [-0.2, -0.15) is 0 Å². The molecule has 1 heterocycles. The van der Waals surface area contributed by atoms with Gasteiger partial charge >= 0.3 is 5.97 Å². The standard InChI is InChI=1S/C16H28NO2/c1-3-19-16(18)13(2)12-14-8-4-5-9-15(14)17-10-6-7-11-17/h13-14H,3-12H2,1-2H3/q+1. The highest BCUT2D eigenvalue weighted by Crippen LogP contribution is 2.28. The molecule has 2 fully saturated rings. The van der Waals surface area contributed by atoms with Crippen molar-refractivity contribution in [3.63, 3.8) is 0 Å². The predicted octanol–water partition coefficient (Wildman–Crippen LogP) is 3.01. The summed E-state index contributed by atoms with van der Waals surface area (Å²) in [6.07, 6.45) is 8.81. The molecule has 2 rings (SSSR count). The van der Waals surface area contributed by atoms with Gasteiger partial charge in [0.05, 0.1) is 12.5 Å². The molecule has 108 valence electrons. The van der Waals surface area contributed by atoms with Crippen LogP contribution in [-0.2, 0) is 9.53 Å². The molecule has 0 N–H and O–H groups in total. The number of esters is 1. The van der Waals surface area contributed by atoms with E-state index in [0.717, 1.165) is 6.42 Å². The van der Waals surface area contributed by atoms with E-state index in [4.69, 9.17) is 4.74 Å². The molecule has 19 heavy (non-hydrogen) atoms. The first-order chi connectivity index (χ1) is 9.22. The first kappa shape index (κ1) is 14.5. The third-order valence-electron chi connectivity index (χ3n) is 4.55. The van der Waals surface area contributed by atoms with E-state index in [0.29, 0.717) is 12.5 Å². The molecule has 1 aliphatic heterocycles. The molecule has 0 aromatic rings.